The first kappa shape index (κ1) is 15.4. The Labute approximate surface area is 145 Å². The zero-order valence-corrected chi connectivity index (χ0v) is 13.8. The van der Waals surface area contributed by atoms with Crippen LogP contribution in [0.5, 0.6) is 0 Å². The lowest BCUT2D eigenvalue weighted by Gasteiger charge is -2.22. The summed E-state index contributed by atoms with van der Waals surface area (Å²) in [5, 5.41) is 11.3. The van der Waals surface area contributed by atoms with Crippen LogP contribution in [0.1, 0.15) is 28.7 Å². The van der Waals surface area contributed by atoms with E-state index in [-0.39, 0.29) is 11.9 Å². The summed E-state index contributed by atoms with van der Waals surface area (Å²) in [5.41, 5.74) is 2.49. The fourth-order valence-corrected chi connectivity index (χ4v) is 3.13. The SMILES string of the molecule is CC1Cc2ccccc2N1C(=O)c1ccc(NCc2ccco2)nn1. The molecule has 0 radical (unpaired) electrons. The predicted molar refractivity (Wildman–Crippen MR) is 94.5 cm³/mol. The van der Waals surface area contributed by atoms with Crippen LogP contribution in [0.4, 0.5) is 11.5 Å². The highest BCUT2D eigenvalue weighted by Gasteiger charge is 2.31. The van der Waals surface area contributed by atoms with Gasteiger partial charge in [0.05, 0.1) is 12.8 Å². The quantitative estimate of drug-likeness (QED) is 0.793. The fourth-order valence-electron chi connectivity index (χ4n) is 3.13. The van der Waals surface area contributed by atoms with Gasteiger partial charge in [-0.15, -0.1) is 10.2 Å². The Hall–Kier alpha value is -3.15. The molecule has 1 N–H and O–H groups in total. The number of rotatable bonds is 4. The number of aromatic nitrogens is 2. The number of amides is 1. The van der Waals surface area contributed by atoms with E-state index in [4.69, 9.17) is 4.42 Å². The predicted octanol–water partition coefficient (Wildman–Crippen LogP) is 3.27. The number of fused-ring (bicyclic) bond motifs is 1. The van der Waals surface area contributed by atoms with Gasteiger partial charge in [0, 0.05) is 11.7 Å². The van der Waals surface area contributed by atoms with Crippen molar-refractivity contribution in [3.63, 3.8) is 0 Å². The first-order valence-corrected chi connectivity index (χ1v) is 8.24. The van der Waals surface area contributed by atoms with Gasteiger partial charge in [0.15, 0.2) is 5.69 Å². The largest absolute Gasteiger partial charge is 0.467 e. The highest BCUT2D eigenvalue weighted by molar-refractivity contribution is 6.06. The molecule has 0 spiro atoms. The molecular weight excluding hydrogens is 316 g/mol. The number of hydrogen-bond donors (Lipinski definition) is 1. The van der Waals surface area contributed by atoms with Gasteiger partial charge >= 0.3 is 0 Å². The third-order valence-corrected chi connectivity index (χ3v) is 4.33. The smallest absolute Gasteiger partial charge is 0.279 e. The van der Waals surface area contributed by atoms with Crippen LogP contribution in [-0.4, -0.2) is 22.1 Å². The molecule has 0 saturated carbocycles. The van der Waals surface area contributed by atoms with Crippen LogP contribution in [0.25, 0.3) is 0 Å². The molecule has 1 unspecified atom stereocenters. The van der Waals surface area contributed by atoms with Crippen LogP contribution < -0.4 is 10.2 Å². The number of furan rings is 1. The summed E-state index contributed by atoms with van der Waals surface area (Å²) in [6.07, 6.45) is 2.48. The molecule has 3 heterocycles. The van der Waals surface area contributed by atoms with Gasteiger partial charge in [-0.2, -0.15) is 0 Å². The van der Waals surface area contributed by atoms with Gasteiger partial charge in [0.1, 0.15) is 11.6 Å². The van der Waals surface area contributed by atoms with Crippen molar-refractivity contribution in [1.29, 1.82) is 0 Å². The van der Waals surface area contributed by atoms with Crippen LogP contribution in [0, 0.1) is 0 Å². The summed E-state index contributed by atoms with van der Waals surface area (Å²) in [4.78, 5) is 14.7. The Bertz CT molecular complexity index is 875. The lowest BCUT2D eigenvalue weighted by Crippen LogP contribution is -2.36. The van der Waals surface area contributed by atoms with Gasteiger partial charge < -0.3 is 14.6 Å². The highest BCUT2D eigenvalue weighted by atomic mass is 16.3. The maximum atomic E-state index is 12.9. The number of carbonyl (C=O) groups is 1. The summed E-state index contributed by atoms with van der Waals surface area (Å²) in [5.74, 6) is 1.29. The van der Waals surface area contributed by atoms with Crippen molar-refractivity contribution in [2.24, 2.45) is 0 Å². The second kappa shape index (κ2) is 6.39. The Morgan fingerprint density at radius 1 is 1.20 bits per heavy atom. The van der Waals surface area contributed by atoms with Gasteiger partial charge in [-0.25, -0.2) is 0 Å². The maximum absolute atomic E-state index is 12.9. The van der Waals surface area contributed by atoms with Gasteiger partial charge in [-0.1, -0.05) is 18.2 Å². The minimum absolute atomic E-state index is 0.114. The molecule has 0 saturated heterocycles. The topological polar surface area (TPSA) is 71.3 Å². The molecule has 0 aliphatic carbocycles. The lowest BCUT2D eigenvalue weighted by molar-refractivity contribution is 0.0975. The molecule has 1 atom stereocenters. The third-order valence-electron chi connectivity index (χ3n) is 4.33. The number of benzene rings is 1. The van der Waals surface area contributed by atoms with E-state index in [9.17, 15) is 4.79 Å². The van der Waals surface area contributed by atoms with Crippen LogP contribution >= 0.6 is 0 Å². The van der Waals surface area contributed by atoms with E-state index in [2.05, 4.69) is 21.6 Å². The van der Waals surface area contributed by atoms with E-state index >= 15 is 0 Å². The Balaban J connectivity index is 1.49. The number of nitrogens with zero attached hydrogens (tertiary/aromatic N) is 3. The molecule has 3 aromatic rings. The molecule has 0 bridgehead atoms. The molecule has 0 fully saturated rings. The maximum Gasteiger partial charge on any atom is 0.279 e. The van der Waals surface area contributed by atoms with Crippen molar-refractivity contribution < 1.29 is 9.21 Å². The number of nitrogens with one attached hydrogen (secondary N) is 1. The average Bonchev–Trinajstić information content (AvgIpc) is 3.26. The van der Waals surface area contributed by atoms with Crippen molar-refractivity contribution in [1.82, 2.24) is 10.2 Å². The van der Waals surface area contributed by atoms with Crippen molar-refractivity contribution in [3.05, 3.63) is 71.8 Å². The summed E-state index contributed by atoms with van der Waals surface area (Å²) in [7, 11) is 0. The molecule has 6 nitrogen and oxygen atoms in total. The summed E-state index contributed by atoms with van der Waals surface area (Å²) < 4.78 is 5.26. The van der Waals surface area contributed by atoms with Gasteiger partial charge in [0.2, 0.25) is 0 Å². The zero-order valence-electron chi connectivity index (χ0n) is 13.8. The standard InChI is InChI=1S/C19H18N4O2/c1-13-11-14-5-2-3-7-17(14)23(13)19(24)16-8-9-18(22-21-16)20-12-15-6-4-10-25-15/h2-10,13H,11-12H2,1H3,(H,20,22). The molecule has 25 heavy (non-hydrogen) atoms. The molecule has 1 aliphatic rings. The summed E-state index contributed by atoms with van der Waals surface area (Å²) in [6, 6.07) is 15.3. The van der Waals surface area contributed by atoms with Gasteiger partial charge in [0.25, 0.3) is 5.91 Å². The molecule has 2 aromatic heterocycles. The van der Waals surface area contributed by atoms with E-state index in [1.54, 1.807) is 23.3 Å². The van der Waals surface area contributed by atoms with E-state index < -0.39 is 0 Å². The van der Waals surface area contributed by atoms with Crippen LogP contribution in [-0.2, 0) is 13.0 Å². The van der Waals surface area contributed by atoms with E-state index in [1.165, 1.54) is 5.56 Å². The number of carbonyl (C=O) groups excluding carboxylic acids is 1. The molecule has 1 aromatic carbocycles. The highest BCUT2D eigenvalue weighted by Crippen LogP contribution is 2.32. The van der Waals surface area contributed by atoms with E-state index in [1.807, 2.05) is 37.3 Å². The normalized spacial score (nSPS) is 15.9. The number of hydrogen-bond acceptors (Lipinski definition) is 5. The first-order chi connectivity index (χ1) is 12.2. The molecule has 1 aliphatic heterocycles. The average molecular weight is 334 g/mol. The third kappa shape index (κ3) is 2.98. The van der Waals surface area contributed by atoms with Crippen LogP contribution in [0.3, 0.4) is 0 Å². The van der Waals surface area contributed by atoms with Crippen molar-refractivity contribution in [2.75, 3.05) is 10.2 Å². The Morgan fingerprint density at radius 3 is 2.84 bits per heavy atom. The molecule has 4 rings (SSSR count). The van der Waals surface area contributed by atoms with Crippen LogP contribution in [0.15, 0.2) is 59.2 Å². The minimum atomic E-state index is -0.123. The summed E-state index contributed by atoms with van der Waals surface area (Å²) >= 11 is 0. The van der Waals surface area contributed by atoms with Crippen molar-refractivity contribution >= 4 is 17.4 Å². The first-order valence-electron chi connectivity index (χ1n) is 8.24. The molecule has 6 heteroatoms. The zero-order chi connectivity index (χ0) is 17.2. The monoisotopic (exact) mass is 334 g/mol. The lowest BCUT2D eigenvalue weighted by atomic mass is 10.1. The fraction of sp³-hybridized carbons (Fsp3) is 0.211. The van der Waals surface area contributed by atoms with Gasteiger partial charge in [-0.3, -0.25) is 4.79 Å². The molecule has 126 valence electrons. The molecule has 1 amide bonds. The van der Waals surface area contributed by atoms with Gasteiger partial charge in [-0.05, 0) is 49.2 Å². The second-order valence-electron chi connectivity index (χ2n) is 6.09. The Morgan fingerprint density at radius 2 is 2.08 bits per heavy atom. The second-order valence-corrected chi connectivity index (χ2v) is 6.09. The number of anilines is 2. The minimum Gasteiger partial charge on any atom is -0.467 e. The number of para-hydroxylation sites is 1. The van der Waals surface area contributed by atoms with E-state index in [0.717, 1.165) is 17.9 Å². The van der Waals surface area contributed by atoms with E-state index in [0.29, 0.717) is 18.1 Å². The van der Waals surface area contributed by atoms with Crippen molar-refractivity contribution in [3.8, 4) is 0 Å². The Kier molecular flexibility index (Phi) is 3.93. The van der Waals surface area contributed by atoms with Crippen molar-refractivity contribution in [2.45, 2.75) is 25.9 Å². The summed E-state index contributed by atoms with van der Waals surface area (Å²) in [6.45, 7) is 2.57. The molecular formula is C19H18N4O2. The van der Waals surface area contributed by atoms with Crippen LogP contribution in [0.2, 0.25) is 0 Å².